The van der Waals surface area contributed by atoms with E-state index in [2.05, 4.69) is 0 Å². The van der Waals surface area contributed by atoms with Crippen LogP contribution in [0.1, 0.15) is 61.3 Å². The van der Waals surface area contributed by atoms with Gasteiger partial charge in [-0.1, -0.05) is 39.8 Å². The van der Waals surface area contributed by atoms with E-state index < -0.39 is 17.5 Å². The standard InChI is InChI=1S/C16H22O4/c1-5-16(6-2,11(3)4)20-15(19)13-10-8-7-9-12(13)14(17)18/h7-11H,5-6H2,1-4H3,(H,17,18). The molecule has 1 rings (SSSR count). The maximum Gasteiger partial charge on any atom is 0.339 e. The summed E-state index contributed by atoms with van der Waals surface area (Å²) in [5.74, 6) is -1.53. The summed E-state index contributed by atoms with van der Waals surface area (Å²) >= 11 is 0. The van der Waals surface area contributed by atoms with E-state index in [1.807, 2.05) is 27.7 Å². The third-order valence-corrected chi connectivity index (χ3v) is 3.92. The van der Waals surface area contributed by atoms with E-state index in [-0.39, 0.29) is 17.0 Å². The summed E-state index contributed by atoms with van der Waals surface area (Å²) in [6, 6.07) is 6.13. The molecule has 1 N–H and O–H groups in total. The number of ether oxygens (including phenoxy) is 1. The summed E-state index contributed by atoms with van der Waals surface area (Å²) in [7, 11) is 0. The van der Waals surface area contributed by atoms with Gasteiger partial charge in [-0.25, -0.2) is 9.59 Å². The van der Waals surface area contributed by atoms with Gasteiger partial charge in [-0.05, 0) is 30.9 Å². The van der Waals surface area contributed by atoms with Gasteiger partial charge in [0.25, 0.3) is 0 Å². The number of rotatable bonds is 6. The van der Waals surface area contributed by atoms with Crippen molar-refractivity contribution in [2.75, 3.05) is 0 Å². The van der Waals surface area contributed by atoms with Gasteiger partial charge in [0, 0.05) is 0 Å². The highest BCUT2D eigenvalue weighted by molar-refractivity contribution is 6.02. The third-order valence-electron chi connectivity index (χ3n) is 3.92. The second kappa shape index (κ2) is 6.55. The van der Waals surface area contributed by atoms with Crippen molar-refractivity contribution >= 4 is 11.9 Å². The molecule has 20 heavy (non-hydrogen) atoms. The molecule has 0 aliphatic carbocycles. The number of benzene rings is 1. The van der Waals surface area contributed by atoms with E-state index in [0.29, 0.717) is 12.8 Å². The second-order valence-electron chi connectivity index (χ2n) is 5.17. The topological polar surface area (TPSA) is 63.6 Å². The van der Waals surface area contributed by atoms with Crippen molar-refractivity contribution in [3.63, 3.8) is 0 Å². The SMILES string of the molecule is CCC(CC)(OC(=O)c1ccccc1C(=O)O)C(C)C. The number of hydrogen-bond acceptors (Lipinski definition) is 3. The van der Waals surface area contributed by atoms with Gasteiger partial charge >= 0.3 is 11.9 Å². The second-order valence-corrected chi connectivity index (χ2v) is 5.17. The number of carboxylic acids is 1. The quantitative estimate of drug-likeness (QED) is 0.805. The molecule has 0 radical (unpaired) electrons. The normalized spacial score (nSPS) is 11.4. The molecule has 0 aromatic heterocycles. The van der Waals surface area contributed by atoms with Crippen LogP contribution in [0.3, 0.4) is 0 Å². The molecule has 4 heteroatoms. The Hall–Kier alpha value is -1.84. The summed E-state index contributed by atoms with van der Waals surface area (Å²) in [4.78, 5) is 23.5. The van der Waals surface area contributed by atoms with Crippen LogP contribution >= 0.6 is 0 Å². The predicted octanol–water partition coefficient (Wildman–Crippen LogP) is 3.76. The Bertz CT molecular complexity index is 487. The fraction of sp³-hybridized carbons (Fsp3) is 0.500. The first-order chi connectivity index (χ1) is 9.38. The third kappa shape index (κ3) is 3.18. The number of aromatic carboxylic acids is 1. The Kier molecular flexibility index (Phi) is 5.31. The molecule has 0 saturated heterocycles. The molecule has 0 bridgehead atoms. The highest BCUT2D eigenvalue weighted by Gasteiger charge is 2.35. The molecule has 0 aliphatic rings. The minimum atomic E-state index is -1.12. The molecular weight excluding hydrogens is 256 g/mol. The Labute approximate surface area is 119 Å². The van der Waals surface area contributed by atoms with Gasteiger partial charge in [0.05, 0.1) is 11.1 Å². The van der Waals surface area contributed by atoms with Crippen molar-refractivity contribution < 1.29 is 19.4 Å². The number of hydrogen-bond donors (Lipinski definition) is 1. The highest BCUT2D eigenvalue weighted by Crippen LogP contribution is 2.31. The Morgan fingerprint density at radius 3 is 2.05 bits per heavy atom. The van der Waals surface area contributed by atoms with Crippen LogP contribution in [0.5, 0.6) is 0 Å². The van der Waals surface area contributed by atoms with Crippen molar-refractivity contribution in [1.29, 1.82) is 0 Å². The van der Waals surface area contributed by atoms with Crippen LogP contribution in [0.15, 0.2) is 24.3 Å². The Balaban J connectivity index is 3.10. The van der Waals surface area contributed by atoms with Gasteiger partial charge in [-0.3, -0.25) is 0 Å². The summed E-state index contributed by atoms with van der Waals surface area (Å²) in [6.45, 7) is 7.95. The monoisotopic (exact) mass is 278 g/mol. The molecule has 0 spiro atoms. The first kappa shape index (κ1) is 16.2. The number of carbonyl (C=O) groups excluding carboxylic acids is 1. The molecule has 0 fully saturated rings. The zero-order valence-corrected chi connectivity index (χ0v) is 12.5. The molecule has 1 aromatic rings. The van der Waals surface area contributed by atoms with Gasteiger partial charge in [0.15, 0.2) is 0 Å². The van der Waals surface area contributed by atoms with Crippen LogP contribution in [-0.2, 0) is 4.74 Å². The van der Waals surface area contributed by atoms with E-state index in [1.165, 1.54) is 12.1 Å². The van der Waals surface area contributed by atoms with E-state index in [9.17, 15) is 9.59 Å². The summed E-state index contributed by atoms with van der Waals surface area (Å²) < 4.78 is 5.67. The lowest BCUT2D eigenvalue weighted by Crippen LogP contribution is -2.39. The highest BCUT2D eigenvalue weighted by atomic mass is 16.6. The van der Waals surface area contributed by atoms with E-state index in [4.69, 9.17) is 9.84 Å². The van der Waals surface area contributed by atoms with Gasteiger partial charge in [-0.15, -0.1) is 0 Å². The number of carbonyl (C=O) groups is 2. The van der Waals surface area contributed by atoms with Crippen LogP contribution in [0.4, 0.5) is 0 Å². The predicted molar refractivity (Wildman–Crippen MR) is 77.0 cm³/mol. The van der Waals surface area contributed by atoms with Crippen LogP contribution in [0.2, 0.25) is 0 Å². The van der Waals surface area contributed by atoms with Gasteiger partial charge in [0.2, 0.25) is 0 Å². The maximum atomic E-state index is 12.3. The molecule has 0 unspecified atom stereocenters. The first-order valence-corrected chi connectivity index (χ1v) is 6.93. The summed E-state index contributed by atoms with van der Waals surface area (Å²) in [6.07, 6.45) is 1.39. The van der Waals surface area contributed by atoms with Gasteiger partial charge in [-0.2, -0.15) is 0 Å². The Morgan fingerprint density at radius 1 is 1.15 bits per heavy atom. The largest absolute Gasteiger partial charge is 0.478 e. The first-order valence-electron chi connectivity index (χ1n) is 6.93. The molecule has 0 aliphatic heterocycles. The van der Waals surface area contributed by atoms with Crippen molar-refractivity contribution in [3.8, 4) is 0 Å². The minimum absolute atomic E-state index is 0.0256. The lowest BCUT2D eigenvalue weighted by atomic mass is 9.85. The van der Waals surface area contributed by atoms with E-state index in [0.717, 1.165) is 0 Å². The zero-order valence-electron chi connectivity index (χ0n) is 12.5. The number of esters is 1. The summed E-state index contributed by atoms with van der Waals surface area (Å²) in [5.41, 5.74) is -0.475. The van der Waals surface area contributed by atoms with Crippen LogP contribution < -0.4 is 0 Å². The average molecular weight is 278 g/mol. The van der Waals surface area contributed by atoms with Crippen molar-refractivity contribution in [3.05, 3.63) is 35.4 Å². The molecule has 1 aromatic carbocycles. The van der Waals surface area contributed by atoms with Crippen LogP contribution in [-0.4, -0.2) is 22.6 Å². The Morgan fingerprint density at radius 2 is 1.65 bits per heavy atom. The molecule has 110 valence electrons. The molecule has 0 saturated carbocycles. The van der Waals surface area contributed by atoms with E-state index in [1.54, 1.807) is 12.1 Å². The lowest BCUT2D eigenvalue weighted by molar-refractivity contribution is -0.0486. The lowest BCUT2D eigenvalue weighted by Gasteiger charge is -2.35. The van der Waals surface area contributed by atoms with Crippen molar-refractivity contribution in [2.24, 2.45) is 5.92 Å². The summed E-state index contributed by atoms with van der Waals surface area (Å²) in [5, 5.41) is 9.13. The van der Waals surface area contributed by atoms with Crippen molar-refractivity contribution in [1.82, 2.24) is 0 Å². The van der Waals surface area contributed by atoms with Crippen LogP contribution in [0, 0.1) is 5.92 Å². The zero-order chi connectivity index (χ0) is 15.3. The molecular formula is C16H22O4. The number of carboxylic acid groups (broad SMARTS) is 1. The van der Waals surface area contributed by atoms with Crippen LogP contribution in [0.25, 0.3) is 0 Å². The maximum absolute atomic E-state index is 12.3. The van der Waals surface area contributed by atoms with Gasteiger partial charge < -0.3 is 9.84 Å². The van der Waals surface area contributed by atoms with Crippen molar-refractivity contribution in [2.45, 2.75) is 46.1 Å². The average Bonchev–Trinajstić information content (AvgIpc) is 2.44. The molecule has 4 nitrogen and oxygen atoms in total. The fourth-order valence-corrected chi connectivity index (χ4v) is 2.42. The minimum Gasteiger partial charge on any atom is -0.478 e. The molecule has 0 amide bonds. The molecule has 0 heterocycles. The van der Waals surface area contributed by atoms with Gasteiger partial charge in [0.1, 0.15) is 5.60 Å². The fourth-order valence-electron chi connectivity index (χ4n) is 2.42. The smallest absolute Gasteiger partial charge is 0.339 e. The molecule has 0 atom stereocenters. The van der Waals surface area contributed by atoms with E-state index >= 15 is 0 Å².